The molecular weight excluding hydrogens is 660 g/mol. The Kier molecular flexibility index (Phi) is 10.5. The van der Waals surface area contributed by atoms with Gasteiger partial charge < -0.3 is 10.2 Å². The Hall–Kier alpha value is -3.39. The SMILES string of the molecule is CCN(CCNS(C)(=O)=O)c1ccc(N=C2C(=O)N(c3c(Cl)cc(Cl)cc3Cl)NC2=Nc2cc(NC=O)ccc2Cl)cc1. The molecule has 2 amide bonds. The highest BCUT2D eigenvalue weighted by Gasteiger charge is 2.37. The number of hydrazine groups is 1. The lowest BCUT2D eigenvalue weighted by Crippen LogP contribution is -2.36. The molecule has 3 N–H and O–H groups in total. The van der Waals surface area contributed by atoms with Crippen LogP contribution >= 0.6 is 46.4 Å². The summed E-state index contributed by atoms with van der Waals surface area (Å²) in [4.78, 5) is 35.8. The number of halogens is 4. The van der Waals surface area contributed by atoms with Gasteiger partial charge in [0.05, 0.1) is 32.7 Å². The monoisotopic (exact) mass is 683 g/mol. The molecule has 1 saturated heterocycles. The number of anilines is 3. The molecule has 226 valence electrons. The lowest BCUT2D eigenvalue weighted by molar-refractivity contribution is -0.112. The largest absolute Gasteiger partial charge is 0.370 e. The van der Waals surface area contributed by atoms with E-state index in [9.17, 15) is 18.0 Å². The average molecular weight is 685 g/mol. The third kappa shape index (κ3) is 8.17. The number of hydrogen-bond donors (Lipinski definition) is 3. The van der Waals surface area contributed by atoms with Gasteiger partial charge in [-0.15, -0.1) is 0 Å². The van der Waals surface area contributed by atoms with Gasteiger partial charge in [0.15, 0.2) is 11.5 Å². The molecule has 0 unspecified atom stereocenters. The second kappa shape index (κ2) is 13.9. The molecule has 43 heavy (non-hydrogen) atoms. The van der Waals surface area contributed by atoms with Gasteiger partial charge in [-0.25, -0.2) is 28.1 Å². The minimum absolute atomic E-state index is 0.0448. The number of nitrogens with zero attached hydrogens (tertiary/aromatic N) is 4. The number of carbonyl (C=O) groups is 2. The number of carbonyl (C=O) groups excluding carboxylic acids is 2. The van der Waals surface area contributed by atoms with Crippen LogP contribution in [0.25, 0.3) is 0 Å². The number of aliphatic imine (C=N–C) groups is 2. The summed E-state index contributed by atoms with van der Waals surface area (Å²) < 4.78 is 25.3. The summed E-state index contributed by atoms with van der Waals surface area (Å²) in [5, 5.41) is 4.42. The summed E-state index contributed by atoms with van der Waals surface area (Å²) >= 11 is 25.3. The van der Waals surface area contributed by atoms with Crippen molar-refractivity contribution < 1.29 is 18.0 Å². The van der Waals surface area contributed by atoms with Crippen LogP contribution in [0.2, 0.25) is 20.1 Å². The molecule has 1 aliphatic rings. The van der Waals surface area contributed by atoms with Gasteiger partial charge in [0.2, 0.25) is 16.4 Å². The van der Waals surface area contributed by atoms with E-state index in [1.165, 1.54) is 18.2 Å². The first-order valence-electron chi connectivity index (χ1n) is 12.6. The Morgan fingerprint density at radius 3 is 2.26 bits per heavy atom. The van der Waals surface area contributed by atoms with Crippen LogP contribution in [0.1, 0.15) is 6.92 Å². The molecule has 1 fully saturated rings. The predicted octanol–water partition coefficient (Wildman–Crippen LogP) is 5.60. The lowest BCUT2D eigenvalue weighted by atomic mass is 10.2. The van der Waals surface area contributed by atoms with Gasteiger partial charge in [0.25, 0.3) is 5.91 Å². The van der Waals surface area contributed by atoms with E-state index in [0.717, 1.165) is 17.0 Å². The molecule has 0 atom stereocenters. The summed E-state index contributed by atoms with van der Waals surface area (Å²) in [6.45, 7) is 3.28. The molecule has 1 aliphatic heterocycles. The molecule has 11 nitrogen and oxygen atoms in total. The zero-order valence-corrected chi connectivity index (χ0v) is 26.6. The Morgan fingerprint density at radius 2 is 1.65 bits per heavy atom. The van der Waals surface area contributed by atoms with Gasteiger partial charge in [-0.3, -0.25) is 15.0 Å². The van der Waals surface area contributed by atoms with Gasteiger partial charge in [0, 0.05) is 36.0 Å². The van der Waals surface area contributed by atoms with Crippen LogP contribution in [0.3, 0.4) is 0 Å². The van der Waals surface area contributed by atoms with Gasteiger partial charge in [-0.2, -0.15) is 0 Å². The van der Waals surface area contributed by atoms with Gasteiger partial charge in [-0.1, -0.05) is 46.4 Å². The number of amides is 2. The fourth-order valence-corrected chi connectivity index (χ4v) is 5.69. The van der Waals surface area contributed by atoms with E-state index >= 15 is 0 Å². The first-order chi connectivity index (χ1) is 20.4. The van der Waals surface area contributed by atoms with Gasteiger partial charge >= 0.3 is 0 Å². The molecule has 4 rings (SSSR count). The Bertz CT molecular complexity index is 1690. The maximum atomic E-state index is 13.7. The van der Waals surface area contributed by atoms with Crippen molar-refractivity contribution in [3.05, 3.63) is 74.7 Å². The van der Waals surface area contributed by atoms with Gasteiger partial charge in [0.1, 0.15) is 5.69 Å². The average Bonchev–Trinajstić information content (AvgIpc) is 3.22. The van der Waals surface area contributed by atoms with Crippen LogP contribution in [0.5, 0.6) is 0 Å². The predicted molar refractivity (Wildman–Crippen MR) is 175 cm³/mol. The van der Waals surface area contributed by atoms with Crippen LogP contribution in [0.4, 0.5) is 28.4 Å². The van der Waals surface area contributed by atoms with Crippen molar-refractivity contribution in [3.8, 4) is 0 Å². The zero-order chi connectivity index (χ0) is 31.3. The summed E-state index contributed by atoms with van der Waals surface area (Å²) in [6.07, 6.45) is 1.62. The quantitative estimate of drug-likeness (QED) is 0.225. The maximum Gasteiger partial charge on any atom is 0.299 e. The number of benzene rings is 3. The molecule has 1 heterocycles. The summed E-state index contributed by atoms with van der Waals surface area (Å²) in [7, 11) is -3.30. The highest BCUT2D eigenvalue weighted by atomic mass is 35.5. The van der Waals surface area contributed by atoms with Crippen LogP contribution in [-0.4, -0.2) is 58.2 Å². The minimum atomic E-state index is -3.30. The number of nitrogens with one attached hydrogen (secondary N) is 3. The summed E-state index contributed by atoms with van der Waals surface area (Å²) in [5.41, 5.74) is 4.95. The fourth-order valence-electron chi connectivity index (χ4n) is 4.08. The Labute approximate surface area is 268 Å². The van der Waals surface area contributed by atoms with Gasteiger partial charge in [-0.05, 0) is 61.5 Å². The van der Waals surface area contributed by atoms with Crippen molar-refractivity contribution in [2.24, 2.45) is 9.98 Å². The van der Waals surface area contributed by atoms with Crippen LogP contribution in [0, 0.1) is 0 Å². The standard InChI is InChI=1S/C27H25Cl4N7O4S/c1-3-37(11-10-33-43(2,41)42)19-7-4-17(5-8-19)34-24-26(35-23-14-18(32-15-39)6-9-20(23)29)36-38(27(24)40)25-21(30)12-16(28)13-22(25)31/h4-9,12-15,33H,3,10-11H2,1-2H3,(H,32,39)(H,35,36). The van der Waals surface area contributed by atoms with Crippen molar-refractivity contribution >= 4 is 109 Å². The fraction of sp³-hybridized carbons (Fsp3) is 0.185. The van der Waals surface area contributed by atoms with Crippen molar-refractivity contribution in [1.82, 2.24) is 10.1 Å². The molecule has 0 saturated carbocycles. The van der Waals surface area contributed by atoms with E-state index < -0.39 is 15.9 Å². The van der Waals surface area contributed by atoms with Crippen molar-refractivity contribution in [2.75, 3.05) is 41.1 Å². The molecule has 3 aromatic carbocycles. The number of hydrogen-bond acceptors (Lipinski definition) is 7. The zero-order valence-electron chi connectivity index (χ0n) is 22.7. The van der Waals surface area contributed by atoms with Crippen molar-refractivity contribution in [2.45, 2.75) is 6.92 Å². The summed E-state index contributed by atoms with van der Waals surface area (Å²) in [5.74, 6) is -0.558. The molecule has 16 heteroatoms. The smallest absolute Gasteiger partial charge is 0.299 e. The topological polar surface area (TPSA) is 136 Å². The van der Waals surface area contributed by atoms with E-state index in [0.29, 0.717) is 30.9 Å². The third-order valence-electron chi connectivity index (χ3n) is 6.04. The molecule has 0 spiro atoms. The highest BCUT2D eigenvalue weighted by Crippen LogP contribution is 2.38. The van der Waals surface area contributed by atoms with E-state index in [2.05, 4.69) is 25.4 Å². The van der Waals surface area contributed by atoms with Crippen LogP contribution in [0.15, 0.2) is 64.6 Å². The van der Waals surface area contributed by atoms with E-state index in [1.54, 1.807) is 24.3 Å². The summed E-state index contributed by atoms with van der Waals surface area (Å²) in [6, 6.07) is 14.6. The van der Waals surface area contributed by atoms with Crippen LogP contribution in [-0.2, 0) is 19.6 Å². The Morgan fingerprint density at radius 1 is 0.977 bits per heavy atom. The normalized spacial score (nSPS) is 15.2. The molecule has 0 bridgehead atoms. The van der Waals surface area contributed by atoms with Crippen molar-refractivity contribution in [3.63, 3.8) is 0 Å². The third-order valence-corrected chi connectivity index (χ3v) is 7.88. The first-order valence-corrected chi connectivity index (χ1v) is 16.0. The first kappa shape index (κ1) is 32.5. The number of sulfonamides is 1. The number of rotatable bonds is 11. The second-order valence-corrected chi connectivity index (χ2v) is 12.6. The van der Waals surface area contributed by atoms with E-state index in [1.807, 2.05) is 24.0 Å². The van der Waals surface area contributed by atoms with E-state index in [4.69, 9.17) is 46.4 Å². The molecular formula is C27H25Cl4N7O4S. The molecule has 0 radical (unpaired) electrons. The van der Waals surface area contributed by atoms with Crippen LogP contribution < -0.4 is 25.4 Å². The minimum Gasteiger partial charge on any atom is -0.370 e. The molecule has 0 aliphatic carbocycles. The highest BCUT2D eigenvalue weighted by molar-refractivity contribution is 7.88. The molecule has 3 aromatic rings. The lowest BCUT2D eigenvalue weighted by Gasteiger charge is -2.23. The Balaban J connectivity index is 1.73. The second-order valence-electron chi connectivity index (χ2n) is 9.08. The number of amidine groups is 1. The number of likely N-dealkylation sites (N-methyl/N-ethyl adjacent to an activating group) is 1. The van der Waals surface area contributed by atoms with E-state index in [-0.39, 0.29) is 49.6 Å². The molecule has 0 aromatic heterocycles. The maximum absolute atomic E-state index is 13.7. The van der Waals surface area contributed by atoms with Crippen molar-refractivity contribution in [1.29, 1.82) is 0 Å².